The van der Waals surface area contributed by atoms with Gasteiger partial charge in [-0.25, -0.2) is 0 Å². The normalized spacial score (nSPS) is 55.0. The van der Waals surface area contributed by atoms with Crippen LogP contribution in [-0.2, 0) is 4.79 Å². The van der Waals surface area contributed by atoms with Gasteiger partial charge in [-0.15, -0.1) is 0 Å². The monoisotopic (exact) mass is 134 g/mol. The summed E-state index contributed by atoms with van der Waals surface area (Å²) in [6.07, 6.45) is 6.73. The van der Waals surface area contributed by atoms with Crippen LogP contribution in [0.5, 0.6) is 0 Å². The highest BCUT2D eigenvalue weighted by Crippen LogP contribution is 2.55. The fourth-order valence-electron chi connectivity index (χ4n) is 2.89. The average molecular weight is 134 g/mol. The molecule has 0 radical (unpaired) electrons. The third kappa shape index (κ3) is 0.377. The van der Waals surface area contributed by atoms with Crippen molar-refractivity contribution in [3.63, 3.8) is 0 Å². The highest BCUT2D eigenvalue weighted by Gasteiger charge is 2.54. The number of rotatable bonds is 0. The van der Waals surface area contributed by atoms with Crippen LogP contribution in [0.15, 0.2) is 12.2 Å². The maximum atomic E-state index is 11.1. The molecular weight excluding hydrogens is 124 g/mol. The molecule has 0 spiro atoms. The predicted molar refractivity (Wildman–Crippen MR) is 37.3 cm³/mol. The van der Waals surface area contributed by atoms with Crippen LogP contribution < -0.4 is 0 Å². The average Bonchev–Trinajstić information content (AvgIpc) is 2.40. The lowest BCUT2D eigenvalue weighted by Crippen LogP contribution is -2.39. The highest BCUT2D eigenvalue weighted by atomic mass is 16.1. The van der Waals surface area contributed by atoms with Gasteiger partial charge >= 0.3 is 0 Å². The zero-order chi connectivity index (χ0) is 6.72. The third-order valence-corrected chi connectivity index (χ3v) is 3.43. The molecule has 52 valence electrons. The van der Waals surface area contributed by atoms with Gasteiger partial charge in [0.05, 0.1) is 0 Å². The number of hydrogen-bond acceptors (Lipinski definition) is 1. The standard InChI is InChI=1S/C9H10O/c10-8-4-7-5-1-2-6(3-5)9(7)8/h1-2,5-7,9H,3-4H2/t5-,6+,7-,9+/m0/s1. The molecule has 0 N–H and O–H groups in total. The lowest BCUT2D eigenvalue weighted by Gasteiger charge is -2.35. The second-order valence-electron chi connectivity index (χ2n) is 3.81. The largest absolute Gasteiger partial charge is 0.299 e. The number of Topliss-reactive ketones (excluding diaryl/α,β-unsaturated/α-hetero) is 1. The lowest BCUT2D eigenvalue weighted by atomic mass is 9.67. The Bertz CT molecular complexity index is 229. The van der Waals surface area contributed by atoms with Crippen LogP contribution in [0.3, 0.4) is 0 Å². The Morgan fingerprint density at radius 1 is 1.30 bits per heavy atom. The van der Waals surface area contributed by atoms with Crippen LogP contribution in [0.4, 0.5) is 0 Å². The Morgan fingerprint density at radius 2 is 2.10 bits per heavy atom. The molecule has 3 aliphatic carbocycles. The van der Waals surface area contributed by atoms with E-state index in [0.717, 1.165) is 18.3 Å². The number of carbonyl (C=O) groups excluding carboxylic acids is 1. The van der Waals surface area contributed by atoms with E-state index in [0.29, 0.717) is 17.6 Å². The first-order valence-corrected chi connectivity index (χ1v) is 4.07. The third-order valence-electron chi connectivity index (χ3n) is 3.43. The summed E-state index contributed by atoms with van der Waals surface area (Å²) in [5, 5.41) is 0. The fraction of sp³-hybridized carbons (Fsp3) is 0.667. The zero-order valence-electron chi connectivity index (χ0n) is 5.79. The summed E-state index contributed by atoms with van der Waals surface area (Å²) >= 11 is 0. The van der Waals surface area contributed by atoms with Gasteiger partial charge in [-0.05, 0) is 24.2 Å². The zero-order valence-corrected chi connectivity index (χ0v) is 5.79. The summed E-state index contributed by atoms with van der Waals surface area (Å²) in [6.45, 7) is 0. The Morgan fingerprint density at radius 3 is 2.70 bits per heavy atom. The Kier molecular flexibility index (Phi) is 0.697. The number of allylic oxidation sites excluding steroid dienone is 2. The minimum absolute atomic E-state index is 0.468. The maximum absolute atomic E-state index is 11.1. The summed E-state index contributed by atoms with van der Waals surface area (Å²) < 4.78 is 0. The van der Waals surface area contributed by atoms with Crippen molar-refractivity contribution in [3.8, 4) is 0 Å². The first-order valence-electron chi connectivity index (χ1n) is 4.07. The van der Waals surface area contributed by atoms with Crippen LogP contribution in [0.1, 0.15) is 12.8 Å². The van der Waals surface area contributed by atoms with Gasteiger partial charge in [0.2, 0.25) is 0 Å². The summed E-state index contributed by atoms with van der Waals surface area (Å²) in [5.41, 5.74) is 0. The van der Waals surface area contributed by atoms with Crippen LogP contribution in [0, 0.1) is 23.7 Å². The molecule has 10 heavy (non-hydrogen) atoms. The molecule has 0 unspecified atom stereocenters. The Labute approximate surface area is 60.1 Å². The van der Waals surface area contributed by atoms with Gasteiger partial charge in [-0.1, -0.05) is 12.2 Å². The molecule has 2 saturated carbocycles. The van der Waals surface area contributed by atoms with Crippen LogP contribution >= 0.6 is 0 Å². The molecule has 1 heteroatoms. The van der Waals surface area contributed by atoms with E-state index >= 15 is 0 Å². The van der Waals surface area contributed by atoms with E-state index in [-0.39, 0.29) is 0 Å². The molecule has 0 aromatic carbocycles. The second kappa shape index (κ2) is 1.36. The van der Waals surface area contributed by atoms with Crippen LogP contribution in [0.2, 0.25) is 0 Å². The van der Waals surface area contributed by atoms with E-state index in [9.17, 15) is 4.79 Å². The van der Waals surface area contributed by atoms with Gasteiger partial charge in [0.15, 0.2) is 0 Å². The smallest absolute Gasteiger partial charge is 0.137 e. The van der Waals surface area contributed by atoms with Crippen LogP contribution in [-0.4, -0.2) is 5.78 Å². The van der Waals surface area contributed by atoms with Gasteiger partial charge in [-0.3, -0.25) is 4.79 Å². The molecule has 0 aromatic heterocycles. The Hall–Kier alpha value is -0.590. The van der Waals surface area contributed by atoms with E-state index in [2.05, 4.69) is 12.2 Å². The van der Waals surface area contributed by atoms with Crippen molar-refractivity contribution < 1.29 is 4.79 Å². The summed E-state index contributed by atoms with van der Waals surface area (Å²) in [5.74, 6) is 3.20. The number of hydrogen-bond donors (Lipinski definition) is 0. The molecule has 0 amide bonds. The first kappa shape index (κ1) is 5.11. The molecule has 4 atom stereocenters. The number of ketones is 1. The fourth-order valence-corrected chi connectivity index (χ4v) is 2.89. The predicted octanol–water partition coefficient (Wildman–Crippen LogP) is 1.40. The van der Waals surface area contributed by atoms with Crippen molar-refractivity contribution in [1.82, 2.24) is 0 Å². The van der Waals surface area contributed by atoms with Crippen molar-refractivity contribution >= 4 is 5.78 Å². The molecule has 1 nitrogen and oxygen atoms in total. The summed E-state index contributed by atoms with van der Waals surface area (Å²) in [6, 6.07) is 0. The molecule has 0 heterocycles. The van der Waals surface area contributed by atoms with Crippen LogP contribution in [0.25, 0.3) is 0 Å². The van der Waals surface area contributed by atoms with Crippen molar-refractivity contribution in [1.29, 1.82) is 0 Å². The van der Waals surface area contributed by atoms with Gasteiger partial charge < -0.3 is 0 Å². The molecule has 0 aliphatic heterocycles. The lowest BCUT2D eigenvalue weighted by molar-refractivity contribution is -0.134. The van der Waals surface area contributed by atoms with Gasteiger partial charge in [0, 0.05) is 12.3 Å². The molecule has 2 fully saturated rings. The quantitative estimate of drug-likeness (QED) is 0.458. The number of carbonyl (C=O) groups is 1. The first-order chi connectivity index (χ1) is 4.86. The highest BCUT2D eigenvalue weighted by molar-refractivity contribution is 5.89. The molecular formula is C9H10O. The molecule has 3 rings (SSSR count). The van der Waals surface area contributed by atoms with Gasteiger partial charge in [0.25, 0.3) is 0 Å². The van der Waals surface area contributed by atoms with Gasteiger partial charge in [-0.2, -0.15) is 0 Å². The topological polar surface area (TPSA) is 17.1 Å². The maximum Gasteiger partial charge on any atom is 0.137 e. The molecule has 0 saturated heterocycles. The van der Waals surface area contributed by atoms with E-state index in [1.807, 2.05) is 0 Å². The minimum Gasteiger partial charge on any atom is -0.299 e. The van der Waals surface area contributed by atoms with Gasteiger partial charge in [0.1, 0.15) is 5.78 Å². The minimum atomic E-state index is 0.468. The van der Waals surface area contributed by atoms with Crippen molar-refractivity contribution in [3.05, 3.63) is 12.2 Å². The van der Waals surface area contributed by atoms with Crippen molar-refractivity contribution in [2.75, 3.05) is 0 Å². The molecule has 2 bridgehead atoms. The van der Waals surface area contributed by atoms with E-state index < -0.39 is 0 Å². The van der Waals surface area contributed by atoms with E-state index in [1.54, 1.807) is 0 Å². The molecule has 3 aliphatic rings. The molecule has 0 aromatic rings. The number of fused-ring (bicyclic) bond motifs is 5. The Balaban J connectivity index is 2.03. The summed E-state index contributed by atoms with van der Waals surface area (Å²) in [7, 11) is 0. The SMILES string of the molecule is O=C1C[C@@H]2[C@H]1[C@@H]1C=C[C@H]2C1. The van der Waals surface area contributed by atoms with Crippen molar-refractivity contribution in [2.24, 2.45) is 23.7 Å². The van der Waals surface area contributed by atoms with Crippen molar-refractivity contribution in [2.45, 2.75) is 12.8 Å². The van der Waals surface area contributed by atoms with E-state index in [1.165, 1.54) is 6.42 Å². The summed E-state index contributed by atoms with van der Waals surface area (Å²) in [4.78, 5) is 11.1. The van der Waals surface area contributed by atoms with E-state index in [4.69, 9.17) is 0 Å². The second-order valence-corrected chi connectivity index (χ2v) is 3.81.